The van der Waals surface area contributed by atoms with Crippen molar-refractivity contribution in [3.8, 4) is 11.5 Å². The lowest BCUT2D eigenvalue weighted by Gasteiger charge is -2.12. The highest BCUT2D eigenvalue weighted by molar-refractivity contribution is 7.80. The van der Waals surface area contributed by atoms with Crippen molar-refractivity contribution in [2.75, 3.05) is 23.8 Å². The van der Waals surface area contributed by atoms with Crippen LogP contribution in [0.3, 0.4) is 0 Å². The van der Waals surface area contributed by atoms with Crippen molar-refractivity contribution in [3.63, 3.8) is 0 Å². The number of halogens is 1. The Balaban J connectivity index is 0.000000765. The number of nitrogens with one attached hydrogen (secondary N) is 2. The van der Waals surface area contributed by atoms with E-state index in [4.69, 9.17) is 31.7 Å². The minimum Gasteiger partial charge on any atom is -0.494 e. The van der Waals surface area contributed by atoms with Gasteiger partial charge in [-0.1, -0.05) is 12.2 Å². The zero-order chi connectivity index (χ0) is 19.2. The molecule has 140 valence electrons. The molecule has 7 heteroatoms. The molecule has 0 amide bonds. The third-order valence-corrected chi connectivity index (χ3v) is 4.75. The Labute approximate surface area is 172 Å². The van der Waals surface area contributed by atoms with Gasteiger partial charge in [-0.15, -0.1) is 0 Å². The van der Waals surface area contributed by atoms with E-state index in [2.05, 4.69) is 17.6 Å². The molecule has 0 aliphatic rings. The van der Waals surface area contributed by atoms with E-state index in [0.29, 0.717) is 18.3 Å². The van der Waals surface area contributed by atoms with Gasteiger partial charge in [0.2, 0.25) is 0 Å². The molecule has 2 aromatic carbocycles. The lowest BCUT2D eigenvalue weighted by Crippen LogP contribution is -2.18. The van der Waals surface area contributed by atoms with Crippen LogP contribution in [0, 0.1) is 0 Å². The van der Waals surface area contributed by atoms with Crippen molar-refractivity contribution in [1.29, 1.82) is 0 Å². The van der Waals surface area contributed by atoms with Gasteiger partial charge in [0.25, 0.3) is 0 Å². The monoisotopic (exact) mass is 408 g/mol. The summed E-state index contributed by atoms with van der Waals surface area (Å²) >= 11 is 5.20. The van der Waals surface area contributed by atoms with Crippen LogP contribution in [0.1, 0.15) is 20.8 Å². The topological polar surface area (TPSA) is 42.5 Å². The fourth-order valence-electron chi connectivity index (χ4n) is 1.90. The third kappa shape index (κ3) is 9.31. The second-order valence-electron chi connectivity index (χ2n) is 5.18. The van der Waals surface area contributed by atoms with Gasteiger partial charge in [-0.25, -0.2) is 0 Å². The maximum atomic E-state index is 5.40. The van der Waals surface area contributed by atoms with E-state index in [0.717, 1.165) is 22.9 Å². The molecule has 2 N–H and O–H groups in total. The minimum atomic E-state index is -0.103. The van der Waals surface area contributed by atoms with Crippen LogP contribution in [0.25, 0.3) is 0 Å². The molecule has 0 unspecified atom stereocenters. The van der Waals surface area contributed by atoms with E-state index in [1.54, 1.807) is 0 Å². The Hall–Kier alpha value is -1.45. The molecule has 0 aromatic heterocycles. The second-order valence-corrected chi connectivity index (χ2v) is 8.10. The number of hydrogen-bond acceptors (Lipinski definition) is 3. The van der Waals surface area contributed by atoms with E-state index in [9.17, 15) is 0 Å². The van der Waals surface area contributed by atoms with Gasteiger partial charge in [0.1, 0.15) is 11.5 Å². The molecule has 0 saturated heterocycles. The lowest BCUT2D eigenvalue weighted by atomic mass is 10.3. The molecule has 0 radical (unpaired) electrons. The summed E-state index contributed by atoms with van der Waals surface area (Å²) in [6, 6.07) is 15.3. The average Bonchev–Trinajstić information content (AvgIpc) is 2.65. The predicted molar refractivity (Wildman–Crippen MR) is 119 cm³/mol. The summed E-state index contributed by atoms with van der Waals surface area (Å²) in [4.78, 5) is 0. The molecule has 0 fully saturated rings. The Morgan fingerprint density at radius 2 is 1.19 bits per heavy atom. The maximum Gasteiger partial charge on any atom is 0.376 e. The molecular formula is C19H26AlClN2O2S. The van der Waals surface area contributed by atoms with Gasteiger partial charge in [-0.3, -0.25) is 10.0 Å². The molecule has 0 aliphatic carbocycles. The fourth-order valence-corrected chi connectivity index (χ4v) is 2.13. The maximum absolute atomic E-state index is 5.40. The molecule has 0 spiro atoms. The summed E-state index contributed by atoms with van der Waals surface area (Å²) < 4.78 is 10.8. The fraction of sp³-hybridized carbons (Fsp3) is 0.316. The van der Waals surface area contributed by atoms with Crippen LogP contribution in [0.4, 0.5) is 11.4 Å². The molecule has 0 saturated carbocycles. The Morgan fingerprint density at radius 1 is 0.846 bits per heavy atom. The van der Waals surface area contributed by atoms with Gasteiger partial charge in [-0.05, 0) is 74.6 Å². The van der Waals surface area contributed by atoms with Crippen molar-refractivity contribution in [2.24, 2.45) is 0 Å². The van der Waals surface area contributed by atoms with Crippen LogP contribution in [0.2, 0.25) is 5.28 Å². The van der Waals surface area contributed by atoms with Gasteiger partial charge < -0.3 is 20.1 Å². The molecule has 0 bridgehead atoms. The summed E-state index contributed by atoms with van der Waals surface area (Å²) in [7, 11) is 5.32. The molecule has 2 aromatic rings. The molecule has 2 rings (SSSR count). The molecular weight excluding hydrogens is 383 g/mol. The first-order chi connectivity index (χ1) is 12.6. The van der Waals surface area contributed by atoms with E-state index < -0.39 is 0 Å². The zero-order valence-electron chi connectivity index (χ0n) is 15.5. The Kier molecular flexibility index (Phi) is 11.9. The van der Waals surface area contributed by atoms with Crippen LogP contribution in [-0.2, 0) is 0 Å². The van der Waals surface area contributed by atoms with E-state index >= 15 is 0 Å². The van der Waals surface area contributed by atoms with Gasteiger partial charge in [0.05, 0.1) is 13.2 Å². The van der Waals surface area contributed by atoms with Crippen molar-refractivity contribution in [3.05, 3.63) is 48.5 Å². The quantitative estimate of drug-likeness (QED) is 0.480. The van der Waals surface area contributed by atoms with Crippen LogP contribution in [-0.4, -0.2) is 32.6 Å². The number of rotatable bonds is 7. The smallest absolute Gasteiger partial charge is 0.376 e. The first kappa shape index (κ1) is 22.6. The largest absolute Gasteiger partial charge is 0.494 e. The van der Waals surface area contributed by atoms with Crippen LogP contribution >= 0.6 is 22.3 Å². The number of hydrogen-bond donors (Lipinski definition) is 2. The molecule has 0 heterocycles. The van der Waals surface area contributed by atoms with Crippen molar-refractivity contribution >= 4 is 53.1 Å². The van der Waals surface area contributed by atoms with E-state index in [1.165, 1.54) is 5.28 Å². The first-order valence-electron chi connectivity index (χ1n) is 8.72. The summed E-state index contributed by atoms with van der Waals surface area (Å²) in [6.45, 7) is 7.35. The highest BCUT2D eigenvalue weighted by atomic mass is 35.6. The van der Waals surface area contributed by atoms with Crippen LogP contribution in [0.15, 0.2) is 48.5 Å². The molecule has 4 nitrogen and oxygen atoms in total. The average molecular weight is 409 g/mol. The lowest BCUT2D eigenvalue weighted by molar-refractivity contribution is 0.340. The number of anilines is 2. The molecule has 0 aliphatic heterocycles. The molecule has 26 heavy (non-hydrogen) atoms. The minimum absolute atomic E-state index is 0.103. The normalized spacial score (nSPS) is 9.38. The number of thiocarbonyl (C=S) groups is 1. The standard InChI is InChI=1S/C17H20N2O2S.C2H5.Al.ClH.H/c1-3-20-15-9-5-13(6-10-15)18-17(22)19-14-7-11-16(12-8-14)21-4-2;1-2;;;/h5-12H,3-4H2,1-2H3,(H2,18,19,22);1H2,2H3;;1H;/q;;+1;;/p-1. The highest BCUT2D eigenvalue weighted by Gasteiger charge is 2.00. The number of benzene rings is 2. The van der Waals surface area contributed by atoms with Gasteiger partial charge in [0.15, 0.2) is 5.11 Å². The number of ether oxygens (including phenoxy) is 2. The van der Waals surface area contributed by atoms with Crippen LogP contribution < -0.4 is 20.1 Å². The molecule has 0 atom stereocenters. The van der Waals surface area contributed by atoms with Crippen LogP contribution in [0.5, 0.6) is 11.5 Å². The van der Waals surface area contributed by atoms with Gasteiger partial charge >= 0.3 is 14.3 Å². The third-order valence-electron chi connectivity index (χ3n) is 3.04. The SMILES string of the molecule is CCOc1ccc(NC(=S)Nc2ccc(OCC)cc2)cc1.C[CH2][AlH][Cl]. The van der Waals surface area contributed by atoms with Crippen molar-refractivity contribution < 1.29 is 9.47 Å². The first-order valence-corrected chi connectivity index (χ1v) is 12.3. The zero-order valence-corrected chi connectivity index (χ0v) is 18.5. The van der Waals surface area contributed by atoms with E-state index in [1.807, 2.05) is 62.4 Å². The summed E-state index contributed by atoms with van der Waals surface area (Å²) in [5.41, 5.74) is 1.82. The summed E-state index contributed by atoms with van der Waals surface area (Å²) in [5.74, 6) is 1.69. The summed E-state index contributed by atoms with van der Waals surface area (Å²) in [5, 5.41) is 8.03. The van der Waals surface area contributed by atoms with Gasteiger partial charge in [-0.2, -0.15) is 0 Å². The Bertz CT molecular complexity index is 583. The highest BCUT2D eigenvalue weighted by Crippen LogP contribution is 2.18. The second kappa shape index (κ2) is 13.7. The summed E-state index contributed by atoms with van der Waals surface area (Å²) in [6.07, 6.45) is 0. The Morgan fingerprint density at radius 3 is 1.46 bits per heavy atom. The predicted octanol–water partition coefficient (Wildman–Crippen LogP) is 5.31. The van der Waals surface area contributed by atoms with Crippen molar-refractivity contribution in [1.82, 2.24) is 0 Å². The van der Waals surface area contributed by atoms with Crippen molar-refractivity contribution in [2.45, 2.75) is 26.1 Å². The van der Waals surface area contributed by atoms with E-state index in [-0.39, 0.29) is 14.3 Å². The van der Waals surface area contributed by atoms with Gasteiger partial charge in [0, 0.05) is 11.4 Å².